The number of amides is 1. The maximum atomic E-state index is 13.1. The van der Waals surface area contributed by atoms with Gasteiger partial charge in [-0.15, -0.1) is 0 Å². The fourth-order valence-corrected chi connectivity index (χ4v) is 4.16. The number of carbonyl (C=O) groups is 1. The van der Waals surface area contributed by atoms with Crippen LogP contribution in [0.5, 0.6) is 0 Å². The number of halogens is 3. The average Bonchev–Trinajstić information content (AvgIpc) is 3.26. The van der Waals surface area contributed by atoms with Crippen molar-refractivity contribution in [3.8, 4) is 5.69 Å². The smallest absolute Gasteiger partial charge is 0.356 e. The highest BCUT2D eigenvalue weighted by molar-refractivity contribution is 5.79. The summed E-state index contributed by atoms with van der Waals surface area (Å²) in [5.41, 5.74) is 3.57. The molecule has 9 heteroatoms. The molecule has 1 amide bonds. The molecule has 0 aliphatic rings. The predicted molar refractivity (Wildman–Crippen MR) is 124 cm³/mol. The van der Waals surface area contributed by atoms with Crippen molar-refractivity contribution in [3.63, 3.8) is 0 Å². The Balaban J connectivity index is 1.38. The van der Waals surface area contributed by atoms with Crippen molar-refractivity contribution >= 4 is 16.9 Å². The van der Waals surface area contributed by atoms with Gasteiger partial charge in [-0.2, -0.15) is 18.3 Å². The molecular formula is C25H26F3N5O. The summed E-state index contributed by atoms with van der Waals surface area (Å²) in [5.74, 6) is 0.780. The number of fused-ring (bicyclic) bond motifs is 1. The molecule has 0 aliphatic carbocycles. The Morgan fingerprint density at radius 2 is 1.82 bits per heavy atom. The number of rotatable bonds is 7. The standard InChI is InChI=1S/C25H26F3N5O/c1-16-21(17(2)33(31-16)20-9-6-8-19(14-20)25(26,27)28)15-24(34)29-12-7-13-32-18(3)30-22-10-4-5-11-23(22)32/h4-6,8-11,14H,7,12-13,15H2,1-3H3,(H,29,34). The highest BCUT2D eigenvalue weighted by atomic mass is 19.4. The minimum Gasteiger partial charge on any atom is -0.356 e. The summed E-state index contributed by atoms with van der Waals surface area (Å²) in [5, 5.41) is 7.32. The first kappa shape index (κ1) is 23.5. The lowest BCUT2D eigenvalue weighted by Gasteiger charge is -2.10. The Morgan fingerprint density at radius 3 is 2.59 bits per heavy atom. The van der Waals surface area contributed by atoms with E-state index in [1.54, 1.807) is 19.9 Å². The fourth-order valence-electron chi connectivity index (χ4n) is 4.16. The van der Waals surface area contributed by atoms with Gasteiger partial charge in [-0.1, -0.05) is 18.2 Å². The first-order valence-electron chi connectivity index (χ1n) is 11.1. The summed E-state index contributed by atoms with van der Waals surface area (Å²) >= 11 is 0. The summed E-state index contributed by atoms with van der Waals surface area (Å²) in [6.07, 6.45) is -3.57. The first-order valence-corrected chi connectivity index (χ1v) is 11.1. The number of nitrogens with one attached hydrogen (secondary N) is 1. The van der Waals surface area contributed by atoms with Crippen LogP contribution in [0.2, 0.25) is 0 Å². The van der Waals surface area contributed by atoms with E-state index in [9.17, 15) is 18.0 Å². The second-order valence-corrected chi connectivity index (χ2v) is 8.29. The maximum absolute atomic E-state index is 13.1. The van der Waals surface area contributed by atoms with Gasteiger partial charge in [0.05, 0.1) is 34.4 Å². The number of aryl methyl sites for hydroxylation is 3. The molecule has 2 aromatic carbocycles. The number of imidazole rings is 1. The van der Waals surface area contributed by atoms with Gasteiger partial charge in [-0.3, -0.25) is 4.79 Å². The highest BCUT2D eigenvalue weighted by Gasteiger charge is 2.30. The molecule has 0 fully saturated rings. The Bertz CT molecular complexity index is 1340. The van der Waals surface area contributed by atoms with Crippen molar-refractivity contribution < 1.29 is 18.0 Å². The van der Waals surface area contributed by atoms with E-state index in [1.807, 2.05) is 31.2 Å². The van der Waals surface area contributed by atoms with Crippen LogP contribution in [0.25, 0.3) is 16.7 Å². The monoisotopic (exact) mass is 469 g/mol. The van der Waals surface area contributed by atoms with Gasteiger partial charge < -0.3 is 9.88 Å². The molecule has 4 rings (SSSR count). The molecule has 0 bridgehead atoms. The first-order chi connectivity index (χ1) is 16.1. The molecule has 0 unspecified atom stereocenters. The molecule has 34 heavy (non-hydrogen) atoms. The van der Waals surface area contributed by atoms with E-state index in [2.05, 4.69) is 20.0 Å². The predicted octanol–water partition coefficient (Wildman–Crippen LogP) is 4.92. The lowest BCUT2D eigenvalue weighted by Crippen LogP contribution is -2.27. The molecule has 1 N–H and O–H groups in total. The van der Waals surface area contributed by atoms with E-state index in [0.717, 1.165) is 42.0 Å². The minimum atomic E-state index is -4.43. The van der Waals surface area contributed by atoms with Gasteiger partial charge >= 0.3 is 6.18 Å². The Morgan fingerprint density at radius 1 is 1.06 bits per heavy atom. The number of hydrogen-bond acceptors (Lipinski definition) is 3. The van der Waals surface area contributed by atoms with E-state index >= 15 is 0 Å². The highest BCUT2D eigenvalue weighted by Crippen LogP contribution is 2.31. The van der Waals surface area contributed by atoms with Gasteiger partial charge in [-0.05, 0) is 57.5 Å². The lowest BCUT2D eigenvalue weighted by molar-refractivity contribution is -0.137. The van der Waals surface area contributed by atoms with Crippen LogP contribution in [0.4, 0.5) is 13.2 Å². The molecule has 0 radical (unpaired) electrons. The van der Waals surface area contributed by atoms with Gasteiger partial charge in [0.15, 0.2) is 0 Å². The summed E-state index contributed by atoms with van der Waals surface area (Å²) in [6.45, 7) is 6.72. The molecule has 2 heterocycles. The lowest BCUT2D eigenvalue weighted by atomic mass is 10.1. The minimum absolute atomic E-state index is 0.115. The number of para-hydroxylation sites is 2. The molecule has 6 nitrogen and oxygen atoms in total. The Kier molecular flexibility index (Phi) is 6.45. The molecular weight excluding hydrogens is 443 g/mol. The van der Waals surface area contributed by atoms with Gasteiger partial charge in [-0.25, -0.2) is 9.67 Å². The van der Waals surface area contributed by atoms with Crippen LogP contribution in [-0.2, 0) is 23.9 Å². The Hall–Kier alpha value is -3.62. The molecule has 0 saturated carbocycles. The number of hydrogen-bond donors (Lipinski definition) is 1. The topological polar surface area (TPSA) is 64.7 Å². The van der Waals surface area contributed by atoms with E-state index in [1.165, 1.54) is 10.7 Å². The van der Waals surface area contributed by atoms with Crippen LogP contribution in [0.15, 0.2) is 48.5 Å². The van der Waals surface area contributed by atoms with Gasteiger partial charge in [0.1, 0.15) is 5.82 Å². The molecule has 178 valence electrons. The van der Waals surface area contributed by atoms with E-state index in [4.69, 9.17) is 0 Å². The SMILES string of the molecule is Cc1nn(-c2cccc(C(F)(F)F)c2)c(C)c1CC(=O)NCCCn1c(C)nc2ccccc21. The van der Waals surface area contributed by atoms with Crippen LogP contribution in [0.3, 0.4) is 0 Å². The van der Waals surface area contributed by atoms with E-state index < -0.39 is 11.7 Å². The number of benzene rings is 2. The van der Waals surface area contributed by atoms with Crippen molar-refractivity contribution in [2.24, 2.45) is 0 Å². The third kappa shape index (κ3) is 4.83. The van der Waals surface area contributed by atoms with Crippen molar-refractivity contribution in [2.75, 3.05) is 6.54 Å². The fraction of sp³-hybridized carbons (Fsp3) is 0.320. The van der Waals surface area contributed by atoms with Gasteiger partial charge in [0, 0.05) is 24.3 Å². The van der Waals surface area contributed by atoms with Crippen molar-refractivity contribution in [1.29, 1.82) is 0 Å². The molecule has 4 aromatic rings. The third-order valence-electron chi connectivity index (χ3n) is 5.92. The number of carbonyl (C=O) groups excluding carboxylic acids is 1. The van der Waals surface area contributed by atoms with Crippen LogP contribution in [0, 0.1) is 20.8 Å². The molecule has 0 saturated heterocycles. The zero-order valence-electron chi connectivity index (χ0n) is 19.3. The molecule has 2 aromatic heterocycles. The van der Waals surface area contributed by atoms with E-state index in [-0.39, 0.29) is 12.3 Å². The third-order valence-corrected chi connectivity index (χ3v) is 5.92. The average molecular weight is 470 g/mol. The molecule has 0 aliphatic heterocycles. The zero-order chi connectivity index (χ0) is 24.5. The summed E-state index contributed by atoms with van der Waals surface area (Å²) in [6, 6.07) is 13.0. The summed E-state index contributed by atoms with van der Waals surface area (Å²) in [4.78, 5) is 17.1. The second kappa shape index (κ2) is 9.32. The normalized spacial score (nSPS) is 11.8. The molecule has 0 atom stereocenters. The van der Waals surface area contributed by atoms with Gasteiger partial charge in [0.25, 0.3) is 0 Å². The number of aromatic nitrogens is 4. The quantitative estimate of drug-likeness (QED) is 0.391. The van der Waals surface area contributed by atoms with Crippen LogP contribution >= 0.6 is 0 Å². The van der Waals surface area contributed by atoms with Crippen LogP contribution < -0.4 is 5.32 Å². The number of alkyl halides is 3. The zero-order valence-corrected chi connectivity index (χ0v) is 19.3. The summed E-state index contributed by atoms with van der Waals surface area (Å²) in [7, 11) is 0. The molecule has 0 spiro atoms. The largest absolute Gasteiger partial charge is 0.416 e. The number of nitrogens with zero attached hydrogens (tertiary/aromatic N) is 4. The van der Waals surface area contributed by atoms with Crippen LogP contribution in [-0.4, -0.2) is 31.8 Å². The Labute approximate surface area is 195 Å². The van der Waals surface area contributed by atoms with Crippen molar-refractivity contribution in [3.05, 3.63) is 76.9 Å². The van der Waals surface area contributed by atoms with E-state index in [0.29, 0.717) is 29.2 Å². The van der Waals surface area contributed by atoms with Gasteiger partial charge in [0.2, 0.25) is 5.91 Å². The summed E-state index contributed by atoms with van der Waals surface area (Å²) < 4.78 is 42.9. The van der Waals surface area contributed by atoms with Crippen molar-refractivity contribution in [2.45, 2.75) is 46.3 Å². The van der Waals surface area contributed by atoms with Crippen molar-refractivity contribution in [1.82, 2.24) is 24.6 Å². The maximum Gasteiger partial charge on any atom is 0.416 e. The second-order valence-electron chi connectivity index (χ2n) is 8.29. The van der Waals surface area contributed by atoms with Crippen LogP contribution in [0.1, 0.15) is 34.8 Å².